The SMILES string of the molecule is CC(C(=O)N1CCC(C(=O)O)(C(F)(F)F)C1)c1cccc(F)c1. The molecule has 2 atom stereocenters. The molecule has 1 amide bonds. The zero-order valence-electron chi connectivity index (χ0n) is 12.2. The highest BCUT2D eigenvalue weighted by Crippen LogP contribution is 2.46. The van der Waals surface area contributed by atoms with Crippen molar-refractivity contribution in [3.05, 3.63) is 35.6 Å². The van der Waals surface area contributed by atoms with Crippen molar-refractivity contribution in [3.8, 4) is 0 Å². The molecule has 1 fully saturated rings. The summed E-state index contributed by atoms with van der Waals surface area (Å²) in [6.07, 6.45) is -5.64. The summed E-state index contributed by atoms with van der Waals surface area (Å²) < 4.78 is 52.5. The van der Waals surface area contributed by atoms with Crippen molar-refractivity contribution in [1.82, 2.24) is 4.90 Å². The fourth-order valence-corrected chi connectivity index (χ4v) is 2.72. The Hall–Kier alpha value is -2.12. The van der Waals surface area contributed by atoms with Gasteiger partial charge in [0.2, 0.25) is 5.91 Å². The molecule has 4 nitrogen and oxygen atoms in total. The van der Waals surface area contributed by atoms with Crippen molar-refractivity contribution in [2.24, 2.45) is 5.41 Å². The first-order chi connectivity index (χ1) is 10.6. The smallest absolute Gasteiger partial charge is 0.406 e. The maximum Gasteiger partial charge on any atom is 0.406 e. The highest BCUT2D eigenvalue weighted by atomic mass is 19.4. The molecule has 126 valence electrons. The molecule has 1 aliphatic rings. The van der Waals surface area contributed by atoms with Crippen LogP contribution in [0, 0.1) is 11.2 Å². The number of amides is 1. The molecule has 23 heavy (non-hydrogen) atoms. The molecule has 0 aliphatic carbocycles. The number of nitrogens with zero attached hydrogens (tertiary/aromatic N) is 1. The van der Waals surface area contributed by atoms with E-state index in [1.165, 1.54) is 25.1 Å². The average molecular weight is 333 g/mol. The monoisotopic (exact) mass is 333 g/mol. The Kier molecular flexibility index (Phi) is 4.37. The quantitative estimate of drug-likeness (QED) is 0.866. The van der Waals surface area contributed by atoms with Crippen LogP contribution in [0.15, 0.2) is 24.3 Å². The van der Waals surface area contributed by atoms with E-state index in [4.69, 9.17) is 5.11 Å². The maximum atomic E-state index is 13.2. The van der Waals surface area contributed by atoms with Crippen LogP contribution in [0.2, 0.25) is 0 Å². The second-order valence-corrected chi connectivity index (χ2v) is 5.67. The van der Waals surface area contributed by atoms with Gasteiger partial charge < -0.3 is 10.0 Å². The molecule has 8 heteroatoms. The van der Waals surface area contributed by atoms with Crippen molar-refractivity contribution in [2.45, 2.75) is 25.4 Å². The van der Waals surface area contributed by atoms with E-state index in [-0.39, 0.29) is 6.54 Å². The molecule has 1 N–H and O–H groups in total. The van der Waals surface area contributed by atoms with Gasteiger partial charge in [-0.05, 0) is 31.0 Å². The van der Waals surface area contributed by atoms with E-state index < -0.39 is 48.2 Å². The number of carboxylic acids is 1. The molecule has 1 aromatic rings. The number of hydrogen-bond acceptors (Lipinski definition) is 2. The van der Waals surface area contributed by atoms with Gasteiger partial charge in [-0.25, -0.2) is 4.39 Å². The molecule has 0 radical (unpaired) electrons. The molecule has 1 heterocycles. The third-order valence-corrected chi connectivity index (χ3v) is 4.25. The predicted octanol–water partition coefficient (Wildman–Crippen LogP) is 2.79. The molecule has 2 unspecified atom stereocenters. The Morgan fingerprint density at radius 2 is 2.00 bits per heavy atom. The van der Waals surface area contributed by atoms with Crippen LogP contribution in [0.3, 0.4) is 0 Å². The second-order valence-electron chi connectivity index (χ2n) is 5.67. The number of halogens is 4. The summed E-state index contributed by atoms with van der Waals surface area (Å²) in [4.78, 5) is 24.3. The van der Waals surface area contributed by atoms with Crippen molar-refractivity contribution in [3.63, 3.8) is 0 Å². The lowest BCUT2D eigenvalue weighted by molar-refractivity contribution is -0.227. The predicted molar refractivity (Wildman–Crippen MR) is 72.1 cm³/mol. The van der Waals surface area contributed by atoms with Crippen LogP contribution < -0.4 is 0 Å². The molecule has 0 aromatic heterocycles. The summed E-state index contributed by atoms with van der Waals surface area (Å²) in [5.41, 5.74) is -2.61. The van der Waals surface area contributed by atoms with Gasteiger partial charge in [0.15, 0.2) is 5.41 Å². The molecule has 1 aliphatic heterocycles. The van der Waals surface area contributed by atoms with E-state index in [1.54, 1.807) is 0 Å². The number of hydrogen-bond donors (Lipinski definition) is 1. The number of likely N-dealkylation sites (tertiary alicyclic amines) is 1. The van der Waals surface area contributed by atoms with Gasteiger partial charge >= 0.3 is 12.1 Å². The van der Waals surface area contributed by atoms with Crippen LogP contribution in [0.1, 0.15) is 24.8 Å². The molecule has 2 rings (SSSR count). The summed E-state index contributed by atoms with van der Waals surface area (Å²) >= 11 is 0. The summed E-state index contributed by atoms with van der Waals surface area (Å²) in [6.45, 7) is 0.222. The van der Waals surface area contributed by atoms with Crippen LogP contribution in [-0.4, -0.2) is 41.1 Å². The number of rotatable bonds is 3. The van der Waals surface area contributed by atoms with Crippen LogP contribution in [-0.2, 0) is 9.59 Å². The number of alkyl halides is 3. The van der Waals surface area contributed by atoms with E-state index >= 15 is 0 Å². The fourth-order valence-electron chi connectivity index (χ4n) is 2.72. The van der Waals surface area contributed by atoms with E-state index in [0.717, 1.165) is 11.0 Å². The molecule has 0 saturated carbocycles. The zero-order valence-corrected chi connectivity index (χ0v) is 12.2. The number of benzene rings is 1. The van der Waals surface area contributed by atoms with Crippen LogP contribution in [0.4, 0.5) is 17.6 Å². The maximum absolute atomic E-state index is 13.2. The average Bonchev–Trinajstić information content (AvgIpc) is 2.92. The van der Waals surface area contributed by atoms with Crippen molar-refractivity contribution in [2.75, 3.05) is 13.1 Å². The molecule has 0 spiro atoms. The van der Waals surface area contributed by atoms with Gasteiger partial charge in [-0.15, -0.1) is 0 Å². The van der Waals surface area contributed by atoms with Crippen LogP contribution >= 0.6 is 0 Å². The number of carbonyl (C=O) groups excluding carboxylic acids is 1. The van der Waals surface area contributed by atoms with Gasteiger partial charge in [-0.3, -0.25) is 9.59 Å². The minimum atomic E-state index is -4.95. The lowest BCUT2D eigenvalue weighted by atomic mass is 9.86. The number of carboxylic acid groups (broad SMARTS) is 1. The third kappa shape index (κ3) is 3.02. The second kappa shape index (κ2) is 5.82. The number of aliphatic carboxylic acids is 1. The van der Waals surface area contributed by atoms with Gasteiger partial charge in [-0.2, -0.15) is 13.2 Å². The standard InChI is InChI=1S/C15H15F4NO3/c1-9(10-3-2-4-11(16)7-10)12(21)20-6-5-14(8-20,13(22)23)15(17,18)19/h2-4,7,9H,5-6,8H2,1H3,(H,22,23). The topological polar surface area (TPSA) is 57.6 Å². The summed E-state index contributed by atoms with van der Waals surface area (Å²) in [5, 5.41) is 8.98. The lowest BCUT2D eigenvalue weighted by Gasteiger charge is -2.28. The molecular weight excluding hydrogens is 318 g/mol. The summed E-state index contributed by atoms with van der Waals surface area (Å²) in [7, 11) is 0. The summed E-state index contributed by atoms with van der Waals surface area (Å²) in [6, 6.07) is 5.22. The minimum absolute atomic E-state index is 0.301. The van der Waals surface area contributed by atoms with E-state index in [2.05, 4.69) is 0 Å². The van der Waals surface area contributed by atoms with Crippen molar-refractivity contribution >= 4 is 11.9 Å². The van der Waals surface area contributed by atoms with Gasteiger partial charge in [0.05, 0.1) is 5.92 Å². The van der Waals surface area contributed by atoms with Gasteiger partial charge in [-0.1, -0.05) is 12.1 Å². The van der Waals surface area contributed by atoms with E-state index in [9.17, 15) is 27.2 Å². The van der Waals surface area contributed by atoms with Crippen LogP contribution in [0.25, 0.3) is 0 Å². The Bertz CT molecular complexity index is 631. The molecule has 1 saturated heterocycles. The van der Waals surface area contributed by atoms with Gasteiger partial charge in [0.25, 0.3) is 0 Å². The Labute approximate surface area is 129 Å². The van der Waals surface area contributed by atoms with E-state index in [0.29, 0.717) is 5.56 Å². The summed E-state index contributed by atoms with van der Waals surface area (Å²) in [5.74, 6) is -4.05. The molecule has 0 bridgehead atoms. The Balaban J connectivity index is 2.21. The largest absolute Gasteiger partial charge is 0.481 e. The molecule has 1 aromatic carbocycles. The van der Waals surface area contributed by atoms with Crippen molar-refractivity contribution < 1.29 is 32.3 Å². The normalized spacial score (nSPS) is 22.9. The zero-order chi connectivity index (χ0) is 17.4. The Morgan fingerprint density at radius 3 is 2.48 bits per heavy atom. The number of carbonyl (C=O) groups is 2. The Morgan fingerprint density at radius 1 is 1.35 bits per heavy atom. The minimum Gasteiger partial charge on any atom is -0.481 e. The first kappa shape index (κ1) is 17.2. The van der Waals surface area contributed by atoms with Crippen molar-refractivity contribution in [1.29, 1.82) is 0 Å². The third-order valence-electron chi connectivity index (χ3n) is 4.25. The first-order valence-electron chi connectivity index (χ1n) is 6.93. The van der Waals surface area contributed by atoms with E-state index in [1.807, 2.05) is 0 Å². The lowest BCUT2D eigenvalue weighted by Crippen LogP contribution is -2.48. The highest BCUT2D eigenvalue weighted by molar-refractivity contribution is 5.85. The fraction of sp³-hybridized carbons (Fsp3) is 0.467. The van der Waals surface area contributed by atoms with Gasteiger partial charge in [0, 0.05) is 13.1 Å². The highest BCUT2D eigenvalue weighted by Gasteiger charge is 2.64. The first-order valence-corrected chi connectivity index (χ1v) is 6.93. The molecular formula is C15H15F4NO3. The van der Waals surface area contributed by atoms with Crippen LogP contribution in [0.5, 0.6) is 0 Å². The van der Waals surface area contributed by atoms with Gasteiger partial charge in [0.1, 0.15) is 5.82 Å².